The Morgan fingerprint density at radius 3 is 2.48 bits per heavy atom. The average Bonchev–Trinajstić information content (AvgIpc) is 3.07. The van der Waals surface area contributed by atoms with Crippen molar-refractivity contribution in [3.05, 3.63) is 77.4 Å². The predicted octanol–water partition coefficient (Wildman–Crippen LogP) is 5.68. The monoisotopic (exact) mass is 443 g/mol. The van der Waals surface area contributed by atoms with Crippen LogP contribution in [-0.2, 0) is 11.0 Å². The summed E-state index contributed by atoms with van der Waals surface area (Å²) in [6, 6.07) is 16.6. The number of rotatable bonds is 3. The van der Waals surface area contributed by atoms with E-state index in [0.29, 0.717) is 10.6 Å². The molecule has 0 N–H and O–H groups in total. The molecule has 1 aliphatic rings. The number of fused-ring (bicyclic) bond motifs is 1. The molecule has 1 saturated heterocycles. The molecule has 7 heteroatoms. The van der Waals surface area contributed by atoms with Gasteiger partial charge in [0.25, 0.3) is 0 Å². The maximum absolute atomic E-state index is 13.2. The fourth-order valence-corrected chi connectivity index (χ4v) is 6.05. The Balaban J connectivity index is 1.79. The second-order valence-corrected chi connectivity index (χ2v) is 8.98. The topological polar surface area (TPSA) is 38.7 Å². The normalized spacial score (nSPS) is 20.7. The van der Waals surface area contributed by atoms with E-state index in [1.807, 2.05) is 41.8 Å². The van der Waals surface area contributed by atoms with E-state index < -0.39 is 28.1 Å². The van der Waals surface area contributed by atoms with E-state index in [4.69, 9.17) is 4.74 Å². The van der Waals surface area contributed by atoms with Crippen LogP contribution in [0.25, 0.3) is 10.8 Å². The number of benzene rings is 3. The number of methoxy groups -OCH3 is 1. The van der Waals surface area contributed by atoms with Crippen LogP contribution in [0.3, 0.4) is 0 Å². The molecular weight excluding hydrogens is 423 g/mol. The molecule has 0 saturated carbocycles. The minimum atomic E-state index is -4.46. The number of aliphatic imine (C=N–C) groups is 1. The average molecular weight is 443 g/mol. The van der Waals surface area contributed by atoms with E-state index in [1.165, 1.54) is 6.07 Å². The Bertz CT molecular complexity index is 1230. The number of halogens is 3. The van der Waals surface area contributed by atoms with Gasteiger partial charge in [0.15, 0.2) is 5.78 Å². The third-order valence-electron chi connectivity index (χ3n) is 5.31. The van der Waals surface area contributed by atoms with E-state index >= 15 is 0 Å². The highest BCUT2D eigenvalue weighted by Gasteiger charge is 2.37. The first-order valence-electron chi connectivity index (χ1n) is 9.60. The number of carbonyl (C=O) groups is 1. The smallest absolute Gasteiger partial charge is 0.416 e. The second-order valence-electron chi connectivity index (χ2n) is 7.18. The maximum Gasteiger partial charge on any atom is 0.416 e. The fraction of sp³-hybridized carbons (Fsp3) is 0.208. The van der Waals surface area contributed by atoms with Crippen molar-refractivity contribution in [2.45, 2.75) is 12.1 Å². The molecular formula is C24H20F3NO2S. The van der Waals surface area contributed by atoms with Crippen LogP contribution in [0.2, 0.25) is 0 Å². The molecule has 1 aliphatic heterocycles. The van der Waals surface area contributed by atoms with Gasteiger partial charge in [0, 0.05) is 12.4 Å². The summed E-state index contributed by atoms with van der Waals surface area (Å²) in [4.78, 5) is 17.2. The third-order valence-corrected chi connectivity index (χ3v) is 7.40. The highest BCUT2D eigenvalue weighted by Crippen LogP contribution is 2.40. The summed E-state index contributed by atoms with van der Waals surface area (Å²) in [7, 11) is 2.59. The van der Waals surface area contributed by atoms with E-state index in [0.717, 1.165) is 34.2 Å². The highest BCUT2D eigenvalue weighted by molar-refractivity contribution is 8.29. The molecule has 3 aromatic carbocycles. The van der Waals surface area contributed by atoms with Gasteiger partial charge in [0.1, 0.15) is 5.75 Å². The van der Waals surface area contributed by atoms with Crippen molar-refractivity contribution in [1.29, 1.82) is 0 Å². The van der Waals surface area contributed by atoms with Gasteiger partial charge in [0.05, 0.1) is 29.4 Å². The number of alkyl halides is 3. The van der Waals surface area contributed by atoms with Crippen LogP contribution < -0.4 is 4.74 Å². The zero-order valence-corrected chi connectivity index (χ0v) is 17.8. The van der Waals surface area contributed by atoms with Gasteiger partial charge < -0.3 is 4.74 Å². The lowest BCUT2D eigenvalue weighted by Gasteiger charge is -2.14. The maximum atomic E-state index is 13.2. The van der Waals surface area contributed by atoms with Crippen molar-refractivity contribution in [2.75, 3.05) is 19.9 Å². The molecule has 0 amide bonds. The molecule has 1 heterocycles. The molecule has 0 radical (unpaired) electrons. The van der Waals surface area contributed by atoms with Crippen molar-refractivity contribution >= 4 is 37.5 Å². The summed E-state index contributed by atoms with van der Waals surface area (Å²) in [6.45, 7) is 0. The van der Waals surface area contributed by atoms with Gasteiger partial charge in [-0.3, -0.25) is 9.79 Å². The summed E-state index contributed by atoms with van der Waals surface area (Å²) < 4.78 is 45.0. The first kappa shape index (κ1) is 21.3. The molecule has 3 nitrogen and oxygen atoms in total. The van der Waals surface area contributed by atoms with E-state index in [1.54, 1.807) is 20.2 Å². The van der Waals surface area contributed by atoms with Gasteiger partial charge in [-0.2, -0.15) is 13.2 Å². The van der Waals surface area contributed by atoms with E-state index in [9.17, 15) is 18.0 Å². The molecule has 0 aromatic heterocycles. The van der Waals surface area contributed by atoms with E-state index in [2.05, 4.69) is 4.99 Å². The molecule has 160 valence electrons. The number of carbonyl (C=O) groups excluding carboxylic acids is 1. The number of nitrogens with zero attached hydrogens (tertiary/aromatic N) is 1. The zero-order valence-electron chi connectivity index (χ0n) is 16.9. The number of hydrogen-bond acceptors (Lipinski definition) is 3. The van der Waals surface area contributed by atoms with Gasteiger partial charge in [-0.15, -0.1) is 10.5 Å². The first-order chi connectivity index (χ1) is 14.8. The van der Waals surface area contributed by atoms with Crippen molar-refractivity contribution < 1.29 is 22.7 Å². The minimum absolute atomic E-state index is 0.114. The van der Waals surface area contributed by atoms with Crippen molar-refractivity contribution in [3.8, 4) is 5.75 Å². The second kappa shape index (κ2) is 8.30. The molecule has 0 bridgehead atoms. The number of Topliss-reactive ketones (excluding diaryl/α,β-unsaturated/α-hetero) is 1. The van der Waals surface area contributed by atoms with Crippen LogP contribution >= 0.6 is 10.5 Å². The van der Waals surface area contributed by atoms with Crippen LogP contribution in [0, 0.1) is 0 Å². The summed E-state index contributed by atoms with van der Waals surface area (Å²) in [5, 5.41) is 4.57. The van der Waals surface area contributed by atoms with Crippen molar-refractivity contribution in [1.82, 2.24) is 0 Å². The van der Waals surface area contributed by atoms with Gasteiger partial charge >= 0.3 is 6.18 Å². The summed E-state index contributed by atoms with van der Waals surface area (Å²) in [6.07, 6.45) is -4.46. The van der Waals surface area contributed by atoms with Gasteiger partial charge in [-0.25, -0.2) is 0 Å². The Morgan fingerprint density at radius 2 is 1.77 bits per heavy atom. The van der Waals surface area contributed by atoms with Crippen LogP contribution in [0.5, 0.6) is 5.75 Å². The SMILES string of the molecule is CN=C1C(c2cccc(C(F)(F)F)c2)C(=O)CS1=Cc1cccc2c(OC)cccc12. The van der Waals surface area contributed by atoms with Crippen molar-refractivity contribution in [2.24, 2.45) is 4.99 Å². The Hall–Kier alpha value is -2.93. The molecule has 0 spiro atoms. The largest absolute Gasteiger partial charge is 0.496 e. The third kappa shape index (κ3) is 4.02. The van der Waals surface area contributed by atoms with Crippen molar-refractivity contribution in [3.63, 3.8) is 0 Å². The van der Waals surface area contributed by atoms with Gasteiger partial charge in [-0.05, 0) is 34.0 Å². The quantitative estimate of drug-likeness (QED) is 0.489. The molecule has 2 atom stereocenters. The summed E-state index contributed by atoms with van der Waals surface area (Å²) in [5.41, 5.74) is 0.520. The van der Waals surface area contributed by atoms with Crippen LogP contribution in [0.1, 0.15) is 22.6 Å². The Morgan fingerprint density at radius 1 is 1.06 bits per heavy atom. The molecule has 2 unspecified atom stereocenters. The summed E-state index contributed by atoms with van der Waals surface area (Å²) >= 11 is 0. The van der Waals surface area contributed by atoms with Gasteiger partial charge in [0.2, 0.25) is 0 Å². The van der Waals surface area contributed by atoms with Crippen LogP contribution in [-0.4, -0.2) is 36.1 Å². The number of ether oxygens (including phenoxy) is 1. The van der Waals surface area contributed by atoms with Crippen LogP contribution in [0.4, 0.5) is 13.2 Å². The highest BCUT2D eigenvalue weighted by atomic mass is 32.2. The Kier molecular flexibility index (Phi) is 5.71. The zero-order chi connectivity index (χ0) is 22.2. The summed E-state index contributed by atoms with van der Waals surface area (Å²) in [5.74, 6) is 0.118. The molecule has 4 rings (SSSR count). The van der Waals surface area contributed by atoms with E-state index in [-0.39, 0.29) is 11.5 Å². The molecule has 31 heavy (non-hydrogen) atoms. The molecule has 3 aromatic rings. The predicted molar refractivity (Wildman–Crippen MR) is 121 cm³/mol. The lowest BCUT2D eigenvalue weighted by molar-refractivity contribution is -0.137. The molecule has 0 aliphatic carbocycles. The Labute approximate surface area is 180 Å². The molecule has 1 fully saturated rings. The fourth-order valence-electron chi connectivity index (χ4n) is 3.91. The number of hydrogen-bond donors (Lipinski definition) is 0. The lowest BCUT2D eigenvalue weighted by atomic mass is 9.95. The lowest BCUT2D eigenvalue weighted by Crippen LogP contribution is -2.14. The minimum Gasteiger partial charge on any atom is -0.496 e. The first-order valence-corrected chi connectivity index (χ1v) is 11.1. The van der Waals surface area contributed by atoms with Crippen LogP contribution in [0.15, 0.2) is 65.7 Å². The standard InChI is InChI=1S/C24H20F3NO2S/c1-28-23-22(15-6-3-8-17(12-15)24(25,26)27)20(29)14-31(23)13-16-7-4-10-19-18(16)9-5-11-21(19)30-2/h3-13,22H,14H2,1-2H3. The van der Waals surface area contributed by atoms with Gasteiger partial charge in [-0.1, -0.05) is 48.5 Å². The number of ketones is 1.